The summed E-state index contributed by atoms with van der Waals surface area (Å²) in [6.07, 6.45) is -2.90. The molecule has 0 spiro atoms. The van der Waals surface area contributed by atoms with Crippen molar-refractivity contribution in [2.75, 3.05) is 13.1 Å². The van der Waals surface area contributed by atoms with Gasteiger partial charge in [-0.3, -0.25) is 9.59 Å². The SMILES string of the molecule is CC[C@H](C)[C@@H](NC(=O)CC(C)C(F)(F)F)C(=O)N1CCC(c2ccc(Cl)cc2)CC1. The van der Waals surface area contributed by atoms with Gasteiger partial charge in [-0.2, -0.15) is 13.2 Å². The van der Waals surface area contributed by atoms with Crippen LogP contribution in [-0.4, -0.2) is 42.0 Å². The molecule has 1 aliphatic rings. The number of halogens is 4. The molecule has 0 aliphatic carbocycles. The highest BCUT2D eigenvalue weighted by Gasteiger charge is 2.38. The highest BCUT2D eigenvalue weighted by Crippen LogP contribution is 2.30. The Morgan fingerprint density at radius 1 is 1.17 bits per heavy atom. The molecule has 0 aromatic heterocycles. The predicted molar refractivity (Wildman–Crippen MR) is 111 cm³/mol. The Morgan fingerprint density at radius 2 is 1.73 bits per heavy atom. The van der Waals surface area contributed by atoms with Crippen LogP contribution in [0.2, 0.25) is 5.02 Å². The molecule has 1 unspecified atom stereocenters. The van der Waals surface area contributed by atoms with Gasteiger partial charge in [-0.15, -0.1) is 0 Å². The van der Waals surface area contributed by atoms with Crippen LogP contribution >= 0.6 is 11.6 Å². The molecule has 168 valence electrons. The highest BCUT2D eigenvalue weighted by atomic mass is 35.5. The van der Waals surface area contributed by atoms with E-state index in [9.17, 15) is 22.8 Å². The highest BCUT2D eigenvalue weighted by molar-refractivity contribution is 6.30. The van der Waals surface area contributed by atoms with E-state index in [0.717, 1.165) is 19.8 Å². The Balaban J connectivity index is 1.98. The zero-order valence-electron chi connectivity index (χ0n) is 17.6. The normalized spacial score (nSPS) is 18.6. The molecule has 1 aromatic rings. The number of hydrogen-bond donors (Lipinski definition) is 1. The smallest absolute Gasteiger partial charge is 0.344 e. The van der Waals surface area contributed by atoms with Crippen molar-refractivity contribution in [3.05, 3.63) is 34.9 Å². The molecule has 0 bridgehead atoms. The summed E-state index contributed by atoms with van der Waals surface area (Å²) < 4.78 is 38.3. The summed E-state index contributed by atoms with van der Waals surface area (Å²) >= 11 is 5.94. The van der Waals surface area contributed by atoms with Gasteiger partial charge in [0, 0.05) is 24.5 Å². The Bertz CT molecular complexity index is 716. The van der Waals surface area contributed by atoms with Gasteiger partial charge in [0.25, 0.3) is 0 Å². The van der Waals surface area contributed by atoms with E-state index in [0.29, 0.717) is 30.5 Å². The molecule has 1 aromatic carbocycles. The van der Waals surface area contributed by atoms with E-state index in [-0.39, 0.29) is 11.8 Å². The quantitative estimate of drug-likeness (QED) is 0.628. The van der Waals surface area contributed by atoms with Crippen LogP contribution in [0.1, 0.15) is 57.9 Å². The first kappa shape index (κ1) is 24.5. The third-order valence-corrected chi connectivity index (χ3v) is 6.25. The van der Waals surface area contributed by atoms with E-state index >= 15 is 0 Å². The van der Waals surface area contributed by atoms with Crippen molar-refractivity contribution >= 4 is 23.4 Å². The van der Waals surface area contributed by atoms with Gasteiger partial charge in [-0.25, -0.2) is 0 Å². The van der Waals surface area contributed by atoms with Crippen LogP contribution in [0.15, 0.2) is 24.3 Å². The Labute approximate surface area is 181 Å². The fourth-order valence-corrected chi connectivity index (χ4v) is 3.80. The van der Waals surface area contributed by atoms with Crippen molar-refractivity contribution in [2.24, 2.45) is 11.8 Å². The molecule has 4 nitrogen and oxygen atoms in total. The standard InChI is InChI=1S/C22H30ClF3N2O2/c1-4-14(2)20(27-19(29)13-15(3)22(24,25)26)21(30)28-11-9-17(10-12-28)16-5-7-18(23)8-6-16/h5-8,14-15,17,20H,4,9-13H2,1-3H3,(H,27,29)/t14-,15?,20+/m0/s1. The number of hydrogen-bond acceptors (Lipinski definition) is 2. The summed E-state index contributed by atoms with van der Waals surface area (Å²) in [6, 6.07) is 6.88. The van der Waals surface area contributed by atoms with Gasteiger partial charge < -0.3 is 10.2 Å². The first-order chi connectivity index (χ1) is 14.0. The minimum absolute atomic E-state index is 0.170. The van der Waals surface area contributed by atoms with Crippen molar-refractivity contribution in [3.8, 4) is 0 Å². The zero-order chi connectivity index (χ0) is 22.5. The van der Waals surface area contributed by atoms with Crippen LogP contribution in [0, 0.1) is 11.8 Å². The number of nitrogens with zero attached hydrogens (tertiary/aromatic N) is 1. The maximum Gasteiger partial charge on any atom is 0.392 e. The van der Waals surface area contributed by atoms with E-state index in [1.165, 1.54) is 5.56 Å². The van der Waals surface area contributed by atoms with Gasteiger partial charge in [-0.05, 0) is 42.4 Å². The van der Waals surface area contributed by atoms with Gasteiger partial charge in [-0.1, -0.05) is 50.9 Å². The summed E-state index contributed by atoms with van der Waals surface area (Å²) in [6.45, 7) is 5.79. The van der Waals surface area contributed by atoms with E-state index in [2.05, 4.69) is 5.32 Å². The maximum absolute atomic E-state index is 13.1. The minimum atomic E-state index is -4.43. The number of rotatable bonds is 7. The monoisotopic (exact) mass is 446 g/mol. The van der Waals surface area contributed by atoms with Crippen molar-refractivity contribution in [1.82, 2.24) is 10.2 Å². The molecule has 1 saturated heterocycles. The van der Waals surface area contributed by atoms with Crippen molar-refractivity contribution in [3.63, 3.8) is 0 Å². The zero-order valence-corrected chi connectivity index (χ0v) is 18.4. The fourth-order valence-electron chi connectivity index (χ4n) is 3.67. The van der Waals surface area contributed by atoms with E-state index < -0.39 is 30.5 Å². The van der Waals surface area contributed by atoms with Crippen LogP contribution in [0.4, 0.5) is 13.2 Å². The molecule has 2 amide bonds. The Hall–Kier alpha value is -1.76. The van der Waals surface area contributed by atoms with Gasteiger partial charge in [0.2, 0.25) is 11.8 Å². The van der Waals surface area contributed by atoms with E-state index in [1.54, 1.807) is 4.90 Å². The third kappa shape index (κ3) is 6.62. The average Bonchev–Trinajstić information content (AvgIpc) is 2.71. The van der Waals surface area contributed by atoms with E-state index in [4.69, 9.17) is 11.6 Å². The van der Waals surface area contributed by atoms with Gasteiger partial charge >= 0.3 is 6.18 Å². The number of piperidine rings is 1. The molecular formula is C22H30ClF3N2O2. The van der Waals surface area contributed by atoms with Crippen LogP contribution in [0.5, 0.6) is 0 Å². The molecule has 2 rings (SSSR count). The average molecular weight is 447 g/mol. The molecule has 1 aliphatic heterocycles. The second kappa shape index (κ2) is 10.5. The lowest BCUT2D eigenvalue weighted by molar-refractivity contribution is -0.174. The second-order valence-corrected chi connectivity index (χ2v) is 8.67. The Kier molecular flexibility index (Phi) is 8.59. The number of alkyl halides is 3. The summed E-state index contributed by atoms with van der Waals surface area (Å²) in [7, 11) is 0. The minimum Gasteiger partial charge on any atom is -0.344 e. The number of amides is 2. The maximum atomic E-state index is 13.1. The topological polar surface area (TPSA) is 49.4 Å². The second-order valence-electron chi connectivity index (χ2n) is 8.23. The third-order valence-electron chi connectivity index (χ3n) is 5.99. The first-order valence-electron chi connectivity index (χ1n) is 10.4. The Morgan fingerprint density at radius 3 is 2.23 bits per heavy atom. The fraction of sp³-hybridized carbons (Fsp3) is 0.636. The molecule has 8 heteroatoms. The number of carbonyl (C=O) groups is 2. The molecule has 1 N–H and O–H groups in total. The van der Waals surface area contributed by atoms with E-state index in [1.807, 2.05) is 38.1 Å². The lowest BCUT2D eigenvalue weighted by atomic mass is 9.88. The van der Waals surface area contributed by atoms with Gasteiger partial charge in [0.05, 0.1) is 5.92 Å². The van der Waals surface area contributed by atoms with Crippen LogP contribution in [-0.2, 0) is 9.59 Å². The van der Waals surface area contributed by atoms with Crippen molar-refractivity contribution in [1.29, 1.82) is 0 Å². The van der Waals surface area contributed by atoms with Crippen LogP contribution in [0.3, 0.4) is 0 Å². The number of carbonyl (C=O) groups excluding carboxylic acids is 2. The summed E-state index contributed by atoms with van der Waals surface area (Å²) in [5.41, 5.74) is 1.18. The largest absolute Gasteiger partial charge is 0.392 e. The summed E-state index contributed by atoms with van der Waals surface area (Å²) in [4.78, 5) is 27.0. The summed E-state index contributed by atoms with van der Waals surface area (Å²) in [5, 5.41) is 3.25. The van der Waals surface area contributed by atoms with Crippen molar-refractivity contribution < 1.29 is 22.8 Å². The molecule has 1 fully saturated rings. The molecule has 1 heterocycles. The predicted octanol–water partition coefficient (Wildman–Crippen LogP) is 5.17. The molecule has 0 radical (unpaired) electrons. The molecule has 30 heavy (non-hydrogen) atoms. The van der Waals surface area contributed by atoms with Crippen LogP contribution < -0.4 is 5.32 Å². The number of likely N-dealkylation sites (tertiary alicyclic amines) is 1. The molecular weight excluding hydrogens is 417 g/mol. The summed E-state index contributed by atoms with van der Waals surface area (Å²) in [5.74, 6) is -2.55. The van der Waals surface area contributed by atoms with Gasteiger partial charge in [0.1, 0.15) is 6.04 Å². The molecule has 0 saturated carbocycles. The lowest BCUT2D eigenvalue weighted by Crippen LogP contribution is -2.53. The van der Waals surface area contributed by atoms with Crippen LogP contribution in [0.25, 0.3) is 0 Å². The number of nitrogens with one attached hydrogen (secondary N) is 1. The lowest BCUT2D eigenvalue weighted by Gasteiger charge is -2.36. The molecule has 3 atom stereocenters. The van der Waals surface area contributed by atoms with Crippen molar-refractivity contribution in [2.45, 2.75) is 64.6 Å². The first-order valence-corrected chi connectivity index (χ1v) is 10.8. The van der Waals surface area contributed by atoms with Gasteiger partial charge in [0.15, 0.2) is 0 Å². The number of benzene rings is 1.